The van der Waals surface area contributed by atoms with E-state index in [4.69, 9.17) is 10.5 Å². The number of nitrogens with one attached hydrogen (secondary N) is 1. The highest BCUT2D eigenvalue weighted by Crippen LogP contribution is 2.11. The van der Waals surface area contributed by atoms with Gasteiger partial charge in [-0.3, -0.25) is 4.99 Å². The van der Waals surface area contributed by atoms with Crippen LogP contribution < -0.4 is 11.1 Å². The zero-order valence-corrected chi connectivity index (χ0v) is 16.7. The largest absolute Gasteiger partial charge is 0.450 e. The van der Waals surface area contributed by atoms with E-state index in [0.717, 1.165) is 19.3 Å². The maximum Gasteiger partial charge on any atom is 0.409 e. The minimum atomic E-state index is -0.229. The number of carbonyl (C=O) groups is 1. The number of rotatable bonds is 7. The first kappa shape index (κ1) is 21.0. The highest BCUT2D eigenvalue weighted by molar-refractivity contribution is 5.78. The van der Waals surface area contributed by atoms with Crippen molar-refractivity contribution in [3.63, 3.8) is 0 Å². The van der Waals surface area contributed by atoms with Crippen molar-refractivity contribution in [2.75, 3.05) is 40.3 Å². The summed E-state index contributed by atoms with van der Waals surface area (Å²) in [5, 5.41) is 3.30. The lowest BCUT2D eigenvalue weighted by molar-refractivity contribution is 0.0963. The molecule has 2 rings (SSSR count). The van der Waals surface area contributed by atoms with E-state index in [1.54, 1.807) is 4.90 Å². The molecule has 27 heavy (non-hydrogen) atoms. The van der Waals surface area contributed by atoms with Crippen LogP contribution in [0.2, 0.25) is 0 Å². The van der Waals surface area contributed by atoms with Gasteiger partial charge in [-0.1, -0.05) is 30.3 Å². The first-order chi connectivity index (χ1) is 13.0. The molecule has 1 amide bonds. The zero-order valence-electron chi connectivity index (χ0n) is 16.7. The average molecular weight is 376 g/mol. The number of hydrogen-bond acceptors (Lipinski definition) is 4. The van der Waals surface area contributed by atoms with Gasteiger partial charge < -0.3 is 25.6 Å². The number of hydrogen-bond donors (Lipinski definition) is 2. The molecule has 1 heterocycles. The molecule has 1 atom stereocenters. The maximum absolute atomic E-state index is 11.7. The Balaban J connectivity index is 1.80. The van der Waals surface area contributed by atoms with Crippen molar-refractivity contribution in [2.45, 2.75) is 38.3 Å². The van der Waals surface area contributed by atoms with E-state index in [1.165, 1.54) is 5.56 Å². The molecule has 1 aliphatic heterocycles. The van der Waals surface area contributed by atoms with Gasteiger partial charge in [-0.2, -0.15) is 0 Å². The van der Waals surface area contributed by atoms with E-state index in [0.29, 0.717) is 38.2 Å². The summed E-state index contributed by atoms with van der Waals surface area (Å²) in [6, 6.07) is 11.0. The van der Waals surface area contributed by atoms with Crippen molar-refractivity contribution in [3.8, 4) is 0 Å². The molecule has 0 saturated carbocycles. The number of likely N-dealkylation sites (tertiary alicyclic amines) is 1. The van der Waals surface area contributed by atoms with Gasteiger partial charge in [-0.25, -0.2) is 4.79 Å². The monoisotopic (exact) mass is 375 g/mol. The highest BCUT2D eigenvalue weighted by Gasteiger charge is 2.23. The molecule has 1 fully saturated rings. The molecule has 7 nitrogen and oxygen atoms in total. The molecule has 0 aliphatic carbocycles. The molecule has 1 aliphatic rings. The molecule has 1 aromatic rings. The van der Waals surface area contributed by atoms with E-state index in [1.807, 2.05) is 13.0 Å². The van der Waals surface area contributed by atoms with Gasteiger partial charge in [0.15, 0.2) is 5.96 Å². The molecule has 1 unspecified atom stereocenters. The third-order valence-corrected chi connectivity index (χ3v) is 4.89. The molecular weight excluding hydrogens is 342 g/mol. The van der Waals surface area contributed by atoms with Crippen LogP contribution in [0.1, 0.15) is 25.3 Å². The van der Waals surface area contributed by atoms with Gasteiger partial charge in [0.1, 0.15) is 0 Å². The molecule has 3 N–H and O–H groups in total. The third kappa shape index (κ3) is 7.09. The van der Waals surface area contributed by atoms with Gasteiger partial charge >= 0.3 is 6.09 Å². The quantitative estimate of drug-likeness (QED) is 0.560. The summed E-state index contributed by atoms with van der Waals surface area (Å²) >= 11 is 0. The molecule has 0 spiro atoms. The predicted octanol–water partition coefficient (Wildman–Crippen LogP) is 1.68. The van der Waals surface area contributed by atoms with E-state index in [2.05, 4.69) is 53.6 Å². The number of guanidine groups is 1. The molecule has 150 valence electrons. The van der Waals surface area contributed by atoms with Crippen LogP contribution >= 0.6 is 0 Å². The van der Waals surface area contributed by atoms with Crippen molar-refractivity contribution in [1.82, 2.24) is 15.1 Å². The number of amides is 1. The zero-order chi connectivity index (χ0) is 19.6. The van der Waals surface area contributed by atoms with Gasteiger partial charge in [-0.05, 0) is 45.8 Å². The lowest BCUT2D eigenvalue weighted by Crippen LogP contribution is -2.48. The molecular formula is C20H33N5O2. The van der Waals surface area contributed by atoms with Gasteiger partial charge in [0, 0.05) is 25.2 Å². The number of nitrogens with zero attached hydrogens (tertiary/aromatic N) is 3. The van der Waals surface area contributed by atoms with Crippen LogP contribution in [-0.2, 0) is 11.2 Å². The lowest BCUT2D eigenvalue weighted by atomic mass is 10.1. The Bertz CT molecular complexity index is 598. The van der Waals surface area contributed by atoms with Crippen LogP contribution in [0.15, 0.2) is 35.3 Å². The number of aliphatic imine (C=N–C) groups is 1. The van der Waals surface area contributed by atoms with E-state index in [-0.39, 0.29) is 12.1 Å². The van der Waals surface area contributed by atoms with E-state index < -0.39 is 0 Å². The minimum Gasteiger partial charge on any atom is -0.450 e. The second kappa shape index (κ2) is 10.8. The van der Waals surface area contributed by atoms with Crippen molar-refractivity contribution in [1.29, 1.82) is 0 Å². The second-order valence-corrected chi connectivity index (χ2v) is 7.14. The van der Waals surface area contributed by atoms with Gasteiger partial charge in [-0.15, -0.1) is 0 Å². The Morgan fingerprint density at radius 1 is 1.33 bits per heavy atom. The van der Waals surface area contributed by atoms with Crippen LogP contribution in [0.5, 0.6) is 0 Å². The van der Waals surface area contributed by atoms with Crippen LogP contribution in [0, 0.1) is 0 Å². The highest BCUT2D eigenvalue weighted by atomic mass is 16.6. The predicted molar refractivity (Wildman–Crippen MR) is 109 cm³/mol. The fourth-order valence-electron chi connectivity index (χ4n) is 3.18. The third-order valence-electron chi connectivity index (χ3n) is 4.89. The minimum absolute atomic E-state index is 0.229. The number of piperidine rings is 1. The SMILES string of the molecule is CCOC(=O)N1CCC(NC(N)=NCC(Cc2ccccc2)N(C)C)CC1. The molecule has 7 heteroatoms. The Kier molecular flexibility index (Phi) is 8.39. The van der Waals surface area contributed by atoms with Crippen molar-refractivity contribution in [2.24, 2.45) is 10.7 Å². The standard InChI is InChI=1S/C20H33N5O2/c1-4-27-20(26)25-12-10-17(11-13-25)23-19(21)22-15-18(24(2)3)14-16-8-6-5-7-9-16/h5-9,17-18H,4,10-15H2,1-3H3,(H3,21,22,23). The Morgan fingerprint density at radius 3 is 2.59 bits per heavy atom. The van der Waals surface area contributed by atoms with E-state index in [9.17, 15) is 4.79 Å². The Labute approximate surface area is 162 Å². The fraction of sp³-hybridized carbons (Fsp3) is 0.600. The normalized spacial score (nSPS) is 17.0. The number of carbonyl (C=O) groups excluding carboxylic acids is 1. The summed E-state index contributed by atoms with van der Waals surface area (Å²) in [5.74, 6) is 0.476. The summed E-state index contributed by atoms with van der Waals surface area (Å²) < 4.78 is 5.05. The number of ether oxygens (including phenoxy) is 1. The summed E-state index contributed by atoms with van der Waals surface area (Å²) in [6.45, 7) is 4.23. The summed E-state index contributed by atoms with van der Waals surface area (Å²) in [5.41, 5.74) is 7.40. The summed E-state index contributed by atoms with van der Waals surface area (Å²) in [4.78, 5) is 20.2. The fourth-order valence-corrected chi connectivity index (χ4v) is 3.18. The van der Waals surface area contributed by atoms with Crippen LogP contribution in [-0.4, -0.2) is 74.3 Å². The summed E-state index contributed by atoms with van der Waals surface area (Å²) in [6.07, 6.45) is 2.39. The van der Waals surface area contributed by atoms with Gasteiger partial charge in [0.25, 0.3) is 0 Å². The molecule has 0 bridgehead atoms. The first-order valence-corrected chi connectivity index (χ1v) is 9.68. The van der Waals surface area contributed by atoms with Crippen molar-refractivity contribution < 1.29 is 9.53 Å². The van der Waals surface area contributed by atoms with E-state index >= 15 is 0 Å². The van der Waals surface area contributed by atoms with Gasteiger partial charge in [0.05, 0.1) is 13.2 Å². The second-order valence-electron chi connectivity index (χ2n) is 7.14. The maximum atomic E-state index is 11.7. The molecule has 1 aromatic carbocycles. The van der Waals surface area contributed by atoms with Gasteiger partial charge in [0.2, 0.25) is 0 Å². The van der Waals surface area contributed by atoms with Crippen LogP contribution in [0.4, 0.5) is 4.79 Å². The number of benzene rings is 1. The van der Waals surface area contributed by atoms with Crippen LogP contribution in [0.3, 0.4) is 0 Å². The summed E-state index contributed by atoms with van der Waals surface area (Å²) in [7, 11) is 4.13. The lowest BCUT2D eigenvalue weighted by Gasteiger charge is -2.32. The van der Waals surface area contributed by atoms with Crippen molar-refractivity contribution in [3.05, 3.63) is 35.9 Å². The smallest absolute Gasteiger partial charge is 0.409 e. The Morgan fingerprint density at radius 2 is 2.00 bits per heavy atom. The van der Waals surface area contributed by atoms with Crippen LogP contribution in [0.25, 0.3) is 0 Å². The molecule has 0 radical (unpaired) electrons. The molecule has 1 saturated heterocycles. The number of nitrogens with two attached hydrogens (primary N) is 1. The topological polar surface area (TPSA) is 83.2 Å². The average Bonchev–Trinajstić information content (AvgIpc) is 2.66. The Hall–Kier alpha value is -2.28. The molecule has 0 aromatic heterocycles. The van der Waals surface area contributed by atoms with Crippen molar-refractivity contribution >= 4 is 12.1 Å². The first-order valence-electron chi connectivity index (χ1n) is 9.68. The number of likely N-dealkylation sites (N-methyl/N-ethyl adjacent to an activating group) is 1.